The Balaban J connectivity index is 2.24. The van der Waals surface area contributed by atoms with Crippen molar-refractivity contribution in [1.29, 1.82) is 0 Å². The van der Waals surface area contributed by atoms with E-state index in [1.807, 2.05) is 13.8 Å². The SMILES string of the molecule is CC[C@@H](C)NC(=O)[C@H](C)N(Cc1ccc(Cl)c(Cl)c1)C(=O)CCCN(c1cccc(Cl)c1C)S(C)(=O)=O. The third-order valence-electron chi connectivity index (χ3n) is 6.17. The lowest BCUT2D eigenvalue weighted by atomic mass is 10.1. The van der Waals surface area contributed by atoms with E-state index in [9.17, 15) is 18.0 Å². The lowest BCUT2D eigenvalue weighted by Crippen LogP contribution is -2.49. The second kappa shape index (κ2) is 13.7. The van der Waals surface area contributed by atoms with Crippen LogP contribution in [0, 0.1) is 6.92 Å². The predicted molar refractivity (Wildman–Crippen MR) is 152 cm³/mol. The van der Waals surface area contributed by atoms with Gasteiger partial charge in [-0.1, -0.05) is 53.9 Å². The highest BCUT2D eigenvalue weighted by Gasteiger charge is 2.27. The number of benzene rings is 2. The zero-order valence-corrected chi connectivity index (χ0v) is 24.8. The van der Waals surface area contributed by atoms with Crippen LogP contribution in [0.3, 0.4) is 0 Å². The molecule has 0 aliphatic carbocycles. The molecule has 0 fully saturated rings. The Bertz CT molecular complexity index is 1220. The Kier molecular flexibility index (Phi) is 11.6. The minimum absolute atomic E-state index is 0.0356. The van der Waals surface area contributed by atoms with E-state index in [0.717, 1.165) is 18.2 Å². The first-order valence-corrected chi connectivity index (χ1v) is 15.0. The van der Waals surface area contributed by atoms with Gasteiger partial charge in [-0.25, -0.2) is 8.42 Å². The molecule has 11 heteroatoms. The number of anilines is 1. The molecule has 2 aromatic carbocycles. The standard InChI is InChI=1S/C26H34Cl3N3O4S/c1-6-17(2)30-26(34)19(4)31(16-20-12-13-22(28)23(29)15-20)25(33)11-8-14-32(37(5,35)36)24-10-7-9-21(27)18(24)3/h7,9-10,12-13,15,17,19H,6,8,11,14,16H2,1-5H3,(H,30,34)/t17-,19+/m1/s1. The van der Waals surface area contributed by atoms with Gasteiger partial charge in [0, 0.05) is 30.6 Å². The number of hydrogen-bond donors (Lipinski definition) is 1. The highest BCUT2D eigenvalue weighted by atomic mass is 35.5. The number of carbonyl (C=O) groups is 2. The van der Waals surface area contributed by atoms with Gasteiger partial charge in [0.1, 0.15) is 6.04 Å². The van der Waals surface area contributed by atoms with Gasteiger partial charge in [-0.15, -0.1) is 0 Å². The molecule has 1 N–H and O–H groups in total. The van der Waals surface area contributed by atoms with Crippen LogP contribution in [0.1, 0.15) is 51.2 Å². The van der Waals surface area contributed by atoms with E-state index in [4.69, 9.17) is 34.8 Å². The fraction of sp³-hybridized carbons (Fsp3) is 0.462. The normalized spacial score (nSPS) is 13.1. The maximum atomic E-state index is 13.4. The van der Waals surface area contributed by atoms with Gasteiger partial charge in [0.05, 0.1) is 22.0 Å². The predicted octanol–water partition coefficient (Wildman–Crippen LogP) is 5.83. The highest BCUT2D eigenvalue weighted by molar-refractivity contribution is 7.92. The van der Waals surface area contributed by atoms with Crippen LogP contribution in [-0.2, 0) is 26.2 Å². The lowest BCUT2D eigenvalue weighted by Gasteiger charge is -2.30. The average molecular weight is 591 g/mol. The Labute approximate surface area is 235 Å². The second-order valence-electron chi connectivity index (χ2n) is 9.09. The van der Waals surface area contributed by atoms with Gasteiger partial charge in [0.2, 0.25) is 21.8 Å². The van der Waals surface area contributed by atoms with Crippen molar-refractivity contribution >= 4 is 62.3 Å². The summed E-state index contributed by atoms with van der Waals surface area (Å²) in [6.45, 7) is 7.51. The number of amides is 2. The quantitative estimate of drug-likeness (QED) is 0.337. The van der Waals surface area contributed by atoms with Crippen molar-refractivity contribution in [3.05, 3.63) is 62.6 Å². The maximum absolute atomic E-state index is 13.4. The average Bonchev–Trinajstić information content (AvgIpc) is 2.83. The van der Waals surface area contributed by atoms with Crippen molar-refractivity contribution < 1.29 is 18.0 Å². The second-order valence-corrected chi connectivity index (χ2v) is 12.2. The minimum atomic E-state index is -3.62. The molecule has 0 radical (unpaired) electrons. The molecule has 7 nitrogen and oxygen atoms in total. The fourth-order valence-corrected chi connectivity index (χ4v) is 5.24. The van der Waals surface area contributed by atoms with Crippen molar-refractivity contribution in [3.63, 3.8) is 0 Å². The Morgan fingerprint density at radius 1 is 1.03 bits per heavy atom. The Hall–Kier alpha value is -2.00. The molecule has 204 valence electrons. The summed E-state index contributed by atoms with van der Waals surface area (Å²) >= 11 is 18.4. The molecule has 0 heterocycles. The molecule has 0 spiro atoms. The number of nitrogens with one attached hydrogen (secondary N) is 1. The van der Waals surface area contributed by atoms with E-state index in [1.165, 1.54) is 9.21 Å². The van der Waals surface area contributed by atoms with Gasteiger partial charge < -0.3 is 10.2 Å². The molecule has 0 unspecified atom stereocenters. The molecule has 0 saturated carbocycles. The van der Waals surface area contributed by atoms with Gasteiger partial charge in [-0.05, 0) is 69.0 Å². The van der Waals surface area contributed by atoms with Crippen LogP contribution >= 0.6 is 34.8 Å². The van der Waals surface area contributed by atoms with Crippen LogP contribution in [0.2, 0.25) is 15.1 Å². The molecular weight excluding hydrogens is 557 g/mol. The van der Waals surface area contributed by atoms with Gasteiger partial charge >= 0.3 is 0 Å². The van der Waals surface area contributed by atoms with E-state index >= 15 is 0 Å². The first kappa shape index (κ1) is 31.2. The van der Waals surface area contributed by atoms with Crippen LogP contribution in [0.5, 0.6) is 0 Å². The summed E-state index contributed by atoms with van der Waals surface area (Å²) < 4.78 is 26.3. The van der Waals surface area contributed by atoms with Crippen LogP contribution in [0.25, 0.3) is 0 Å². The number of hydrogen-bond acceptors (Lipinski definition) is 4. The Morgan fingerprint density at radius 2 is 1.70 bits per heavy atom. The summed E-state index contributed by atoms with van der Waals surface area (Å²) in [6, 6.07) is 9.32. The van der Waals surface area contributed by atoms with Gasteiger partial charge in [-0.2, -0.15) is 0 Å². The largest absolute Gasteiger partial charge is 0.352 e. The third-order valence-corrected chi connectivity index (χ3v) is 8.49. The van der Waals surface area contributed by atoms with Gasteiger partial charge in [-0.3, -0.25) is 13.9 Å². The van der Waals surface area contributed by atoms with E-state index < -0.39 is 16.1 Å². The maximum Gasteiger partial charge on any atom is 0.242 e. The molecule has 2 rings (SSSR count). The van der Waals surface area contributed by atoms with Crippen molar-refractivity contribution in [1.82, 2.24) is 10.2 Å². The topological polar surface area (TPSA) is 86.8 Å². The monoisotopic (exact) mass is 589 g/mol. The van der Waals surface area contributed by atoms with Crippen molar-refractivity contribution in [2.75, 3.05) is 17.1 Å². The van der Waals surface area contributed by atoms with E-state index in [2.05, 4.69) is 5.32 Å². The number of halogens is 3. The summed E-state index contributed by atoms with van der Waals surface area (Å²) in [7, 11) is -3.62. The number of rotatable bonds is 12. The zero-order valence-electron chi connectivity index (χ0n) is 21.7. The van der Waals surface area contributed by atoms with Crippen LogP contribution in [-0.4, -0.2) is 50.0 Å². The van der Waals surface area contributed by atoms with E-state index in [-0.39, 0.29) is 43.8 Å². The number of carbonyl (C=O) groups excluding carboxylic acids is 2. The van der Waals surface area contributed by atoms with Gasteiger partial charge in [0.15, 0.2) is 0 Å². The van der Waals surface area contributed by atoms with Crippen LogP contribution in [0.4, 0.5) is 5.69 Å². The summed E-state index contributed by atoms with van der Waals surface area (Å²) in [5.74, 6) is -0.552. The first-order valence-electron chi connectivity index (χ1n) is 12.0. The first-order chi connectivity index (χ1) is 17.3. The highest BCUT2D eigenvalue weighted by Crippen LogP contribution is 2.29. The van der Waals surface area contributed by atoms with Crippen LogP contribution < -0.4 is 9.62 Å². The molecule has 0 aliphatic rings. The molecule has 2 amide bonds. The summed E-state index contributed by atoms with van der Waals surface area (Å²) in [4.78, 5) is 27.8. The van der Waals surface area contributed by atoms with E-state index in [0.29, 0.717) is 26.3 Å². The molecular formula is C26H34Cl3N3O4S. The summed E-state index contributed by atoms with van der Waals surface area (Å²) in [5.41, 5.74) is 1.83. The molecule has 0 bridgehead atoms. The van der Waals surface area contributed by atoms with Crippen LogP contribution in [0.15, 0.2) is 36.4 Å². The Morgan fingerprint density at radius 3 is 2.30 bits per heavy atom. The van der Waals surface area contributed by atoms with E-state index in [1.54, 1.807) is 50.2 Å². The van der Waals surface area contributed by atoms with Crippen molar-refractivity contribution in [3.8, 4) is 0 Å². The molecule has 2 atom stereocenters. The van der Waals surface area contributed by atoms with Crippen molar-refractivity contribution in [2.45, 2.75) is 65.6 Å². The lowest BCUT2D eigenvalue weighted by molar-refractivity contribution is -0.140. The molecule has 37 heavy (non-hydrogen) atoms. The molecule has 2 aromatic rings. The van der Waals surface area contributed by atoms with Gasteiger partial charge in [0.25, 0.3) is 0 Å². The number of nitrogens with zero attached hydrogens (tertiary/aromatic N) is 2. The smallest absolute Gasteiger partial charge is 0.242 e. The summed E-state index contributed by atoms with van der Waals surface area (Å²) in [5, 5.41) is 4.12. The zero-order chi connectivity index (χ0) is 27.9. The third kappa shape index (κ3) is 8.77. The minimum Gasteiger partial charge on any atom is -0.352 e. The van der Waals surface area contributed by atoms with Crippen molar-refractivity contribution in [2.24, 2.45) is 0 Å². The fourth-order valence-electron chi connectivity index (χ4n) is 3.73. The number of sulfonamides is 1. The molecule has 0 saturated heterocycles. The summed E-state index contributed by atoms with van der Waals surface area (Å²) in [6.07, 6.45) is 2.15. The molecule has 0 aliphatic heterocycles. The molecule has 0 aromatic heterocycles.